The molecule has 1 aliphatic rings. The van der Waals surface area contributed by atoms with Crippen molar-refractivity contribution in [2.75, 3.05) is 5.73 Å². The molecule has 1 unspecified atom stereocenters. The number of carbonyl (C=O) groups excluding carboxylic acids is 1. The van der Waals surface area contributed by atoms with Crippen LogP contribution in [0, 0.1) is 5.92 Å². The third-order valence-electron chi connectivity index (χ3n) is 3.45. The number of hydrogen-bond acceptors (Lipinski definition) is 3. The molecule has 94 valence electrons. The average Bonchev–Trinajstić information content (AvgIpc) is 3.09. The Morgan fingerprint density at radius 1 is 1.44 bits per heavy atom. The summed E-state index contributed by atoms with van der Waals surface area (Å²) in [4.78, 5) is 12.9. The fraction of sp³-hybridized carbons (Fsp3) is 0.357. The van der Waals surface area contributed by atoms with Gasteiger partial charge in [-0.1, -0.05) is 0 Å². The number of thiophene rings is 1. The zero-order chi connectivity index (χ0) is 12.7. The van der Waals surface area contributed by atoms with Crippen LogP contribution in [0.25, 0.3) is 10.1 Å². The van der Waals surface area contributed by atoms with Crippen LogP contribution in [0.3, 0.4) is 0 Å². The summed E-state index contributed by atoms with van der Waals surface area (Å²) >= 11 is 1.52. The van der Waals surface area contributed by atoms with Crippen LogP contribution in [0.5, 0.6) is 0 Å². The van der Waals surface area contributed by atoms with Gasteiger partial charge in [0.1, 0.15) is 0 Å². The molecule has 1 aromatic heterocycles. The zero-order valence-corrected chi connectivity index (χ0v) is 11.1. The van der Waals surface area contributed by atoms with Gasteiger partial charge in [0.15, 0.2) is 0 Å². The SMILES string of the molecule is CC(NC(=O)c1cc2cc(N)ccc2s1)C1CC1. The molecule has 1 aliphatic carbocycles. The maximum Gasteiger partial charge on any atom is 0.261 e. The van der Waals surface area contributed by atoms with Crippen molar-refractivity contribution < 1.29 is 4.79 Å². The second-order valence-corrected chi connectivity index (χ2v) is 6.09. The van der Waals surface area contributed by atoms with E-state index in [1.54, 1.807) is 0 Å². The van der Waals surface area contributed by atoms with Crippen molar-refractivity contribution in [2.24, 2.45) is 5.92 Å². The molecule has 0 aliphatic heterocycles. The van der Waals surface area contributed by atoms with Crippen molar-refractivity contribution in [2.45, 2.75) is 25.8 Å². The van der Waals surface area contributed by atoms with Gasteiger partial charge in [-0.2, -0.15) is 0 Å². The molecular formula is C14H16N2OS. The molecule has 2 aromatic rings. The number of nitrogens with two attached hydrogens (primary N) is 1. The zero-order valence-electron chi connectivity index (χ0n) is 10.3. The standard InChI is InChI=1S/C14H16N2OS/c1-8(9-2-3-9)16-14(17)13-7-10-6-11(15)4-5-12(10)18-13/h4-9H,2-3,15H2,1H3,(H,16,17). The molecule has 0 saturated heterocycles. The maximum atomic E-state index is 12.1. The summed E-state index contributed by atoms with van der Waals surface area (Å²) < 4.78 is 1.11. The largest absolute Gasteiger partial charge is 0.399 e. The molecular weight excluding hydrogens is 244 g/mol. The van der Waals surface area contributed by atoms with E-state index in [-0.39, 0.29) is 11.9 Å². The van der Waals surface area contributed by atoms with Crippen molar-refractivity contribution in [3.8, 4) is 0 Å². The van der Waals surface area contributed by atoms with E-state index in [1.165, 1.54) is 24.2 Å². The molecule has 3 nitrogen and oxygen atoms in total. The molecule has 1 saturated carbocycles. The Bertz CT molecular complexity index is 601. The molecule has 3 N–H and O–H groups in total. The first-order valence-corrected chi connectivity index (χ1v) is 7.05. The van der Waals surface area contributed by atoms with E-state index in [2.05, 4.69) is 12.2 Å². The first-order chi connectivity index (χ1) is 8.63. The molecule has 1 aromatic carbocycles. The van der Waals surface area contributed by atoms with E-state index in [0.29, 0.717) is 5.92 Å². The van der Waals surface area contributed by atoms with E-state index in [1.807, 2.05) is 24.3 Å². The van der Waals surface area contributed by atoms with Crippen molar-refractivity contribution in [3.63, 3.8) is 0 Å². The second-order valence-electron chi connectivity index (χ2n) is 5.01. The summed E-state index contributed by atoms with van der Waals surface area (Å²) in [7, 11) is 0. The number of amides is 1. The highest BCUT2D eigenvalue weighted by molar-refractivity contribution is 7.20. The van der Waals surface area contributed by atoms with Crippen LogP contribution < -0.4 is 11.1 Å². The van der Waals surface area contributed by atoms with Gasteiger partial charge < -0.3 is 11.1 Å². The fourth-order valence-corrected chi connectivity index (χ4v) is 3.11. The Morgan fingerprint density at radius 3 is 2.94 bits per heavy atom. The lowest BCUT2D eigenvalue weighted by Gasteiger charge is -2.11. The van der Waals surface area contributed by atoms with Gasteiger partial charge in [-0.15, -0.1) is 11.3 Å². The molecule has 3 rings (SSSR count). The normalized spacial score (nSPS) is 16.7. The van der Waals surface area contributed by atoms with Gasteiger partial charge in [-0.3, -0.25) is 4.79 Å². The smallest absolute Gasteiger partial charge is 0.261 e. The Hall–Kier alpha value is -1.55. The molecule has 0 bridgehead atoms. The lowest BCUT2D eigenvalue weighted by atomic mass is 10.2. The number of nitrogen functional groups attached to an aromatic ring is 1. The van der Waals surface area contributed by atoms with E-state index in [9.17, 15) is 4.79 Å². The van der Waals surface area contributed by atoms with Crippen LogP contribution in [-0.4, -0.2) is 11.9 Å². The second kappa shape index (κ2) is 4.28. The summed E-state index contributed by atoms with van der Waals surface area (Å²) in [6, 6.07) is 7.95. The first kappa shape index (κ1) is 11.5. The van der Waals surface area contributed by atoms with Gasteiger partial charge in [0.25, 0.3) is 5.91 Å². The van der Waals surface area contributed by atoms with E-state index < -0.39 is 0 Å². The number of nitrogens with one attached hydrogen (secondary N) is 1. The number of benzene rings is 1. The van der Waals surface area contributed by atoms with Gasteiger partial charge in [0, 0.05) is 16.4 Å². The number of carbonyl (C=O) groups is 1. The number of anilines is 1. The maximum absolute atomic E-state index is 12.1. The van der Waals surface area contributed by atoms with Crippen LogP contribution in [0.2, 0.25) is 0 Å². The van der Waals surface area contributed by atoms with Crippen LogP contribution in [-0.2, 0) is 0 Å². The number of rotatable bonds is 3. The Labute approximate surface area is 110 Å². The minimum atomic E-state index is 0.0363. The first-order valence-electron chi connectivity index (χ1n) is 6.23. The summed E-state index contributed by atoms with van der Waals surface area (Å²) in [5, 5.41) is 4.12. The molecule has 0 radical (unpaired) electrons. The lowest BCUT2D eigenvalue weighted by molar-refractivity contribution is 0.0940. The molecule has 4 heteroatoms. The molecule has 1 heterocycles. The summed E-state index contributed by atoms with van der Waals surface area (Å²) in [6.07, 6.45) is 2.48. The van der Waals surface area contributed by atoms with Crippen molar-refractivity contribution in [1.29, 1.82) is 0 Å². The van der Waals surface area contributed by atoms with Crippen LogP contribution in [0.1, 0.15) is 29.4 Å². The summed E-state index contributed by atoms with van der Waals surface area (Å²) in [5.41, 5.74) is 6.48. The minimum absolute atomic E-state index is 0.0363. The van der Waals surface area contributed by atoms with E-state index in [0.717, 1.165) is 20.7 Å². The Morgan fingerprint density at radius 2 is 2.22 bits per heavy atom. The molecule has 1 amide bonds. The molecule has 18 heavy (non-hydrogen) atoms. The highest BCUT2D eigenvalue weighted by atomic mass is 32.1. The van der Waals surface area contributed by atoms with Gasteiger partial charge in [-0.25, -0.2) is 0 Å². The highest BCUT2D eigenvalue weighted by Gasteiger charge is 2.29. The van der Waals surface area contributed by atoms with E-state index in [4.69, 9.17) is 5.73 Å². The monoisotopic (exact) mass is 260 g/mol. The third-order valence-corrected chi connectivity index (χ3v) is 4.57. The van der Waals surface area contributed by atoms with Crippen molar-refractivity contribution in [3.05, 3.63) is 29.1 Å². The van der Waals surface area contributed by atoms with E-state index >= 15 is 0 Å². The molecule has 1 atom stereocenters. The third kappa shape index (κ3) is 2.20. The van der Waals surface area contributed by atoms with Gasteiger partial charge in [0.05, 0.1) is 4.88 Å². The number of hydrogen-bond donors (Lipinski definition) is 2. The fourth-order valence-electron chi connectivity index (χ4n) is 2.17. The van der Waals surface area contributed by atoms with Crippen LogP contribution in [0.4, 0.5) is 5.69 Å². The Kier molecular flexibility index (Phi) is 2.74. The van der Waals surface area contributed by atoms with Crippen molar-refractivity contribution in [1.82, 2.24) is 5.32 Å². The van der Waals surface area contributed by atoms with Crippen LogP contribution >= 0.6 is 11.3 Å². The lowest BCUT2D eigenvalue weighted by Crippen LogP contribution is -2.33. The summed E-state index contributed by atoms with van der Waals surface area (Å²) in [5.74, 6) is 0.716. The van der Waals surface area contributed by atoms with Gasteiger partial charge in [0.2, 0.25) is 0 Å². The molecule has 0 spiro atoms. The van der Waals surface area contributed by atoms with Crippen LogP contribution in [0.15, 0.2) is 24.3 Å². The predicted octanol–water partition coefficient (Wildman–Crippen LogP) is 3.01. The van der Waals surface area contributed by atoms with Gasteiger partial charge in [-0.05, 0) is 55.3 Å². The molecule has 1 fully saturated rings. The average molecular weight is 260 g/mol. The number of fused-ring (bicyclic) bond motifs is 1. The van der Waals surface area contributed by atoms with Crippen molar-refractivity contribution >= 4 is 33.0 Å². The minimum Gasteiger partial charge on any atom is -0.399 e. The van der Waals surface area contributed by atoms with Gasteiger partial charge >= 0.3 is 0 Å². The Balaban J connectivity index is 1.82. The quantitative estimate of drug-likeness (QED) is 0.833. The topological polar surface area (TPSA) is 55.1 Å². The predicted molar refractivity (Wildman–Crippen MR) is 75.9 cm³/mol. The summed E-state index contributed by atoms with van der Waals surface area (Å²) in [6.45, 7) is 2.08. The highest BCUT2D eigenvalue weighted by Crippen LogP contribution is 2.33.